The van der Waals surface area contributed by atoms with Gasteiger partial charge in [0.25, 0.3) is 0 Å². The van der Waals surface area contributed by atoms with Crippen LogP contribution in [0.4, 0.5) is 0 Å². The second-order valence-electron chi connectivity index (χ2n) is 22.0. The second-order valence-corrected chi connectivity index (χ2v) is 22.0. The lowest BCUT2D eigenvalue weighted by Gasteiger charge is -2.73. The van der Waals surface area contributed by atoms with Gasteiger partial charge in [-0.05, 0) is 135 Å². The second kappa shape index (κ2) is 17.7. The number of unbranched alkanes of at least 4 members (excludes halogenated alkanes) is 9. The third-order valence-corrected chi connectivity index (χ3v) is 18.0. The van der Waals surface area contributed by atoms with E-state index >= 15 is 0 Å². The van der Waals surface area contributed by atoms with E-state index in [9.17, 15) is 15.0 Å². The summed E-state index contributed by atoms with van der Waals surface area (Å²) < 4.78 is 1.11. The fourth-order valence-corrected chi connectivity index (χ4v) is 14.7. The Labute approximate surface area is 339 Å². The molecule has 5 aliphatic carbocycles. The van der Waals surface area contributed by atoms with Crippen molar-refractivity contribution in [3.63, 3.8) is 0 Å². The van der Waals surface area contributed by atoms with Crippen LogP contribution in [0, 0.1) is 56.7 Å². The molecule has 1 aromatic carbocycles. The number of carbonyl (C=O) groups excluding carboxylic acids is 1. The Morgan fingerprint density at radius 1 is 0.764 bits per heavy atom. The van der Waals surface area contributed by atoms with Gasteiger partial charge in [-0.25, -0.2) is 0 Å². The van der Waals surface area contributed by atoms with Crippen molar-refractivity contribution in [2.24, 2.45) is 56.7 Å². The van der Waals surface area contributed by atoms with Crippen molar-refractivity contribution in [2.75, 3.05) is 20.6 Å². The average molecular weight is 760 g/mol. The molecule has 0 saturated heterocycles. The van der Waals surface area contributed by atoms with E-state index in [1.165, 1.54) is 101 Å². The van der Waals surface area contributed by atoms with Crippen LogP contribution in [0.15, 0.2) is 42.5 Å². The molecule has 55 heavy (non-hydrogen) atoms. The van der Waals surface area contributed by atoms with Gasteiger partial charge in [0.1, 0.15) is 6.54 Å². The van der Waals surface area contributed by atoms with Gasteiger partial charge in [0, 0.05) is 16.9 Å². The van der Waals surface area contributed by atoms with E-state index in [1.807, 2.05) is 0 Å². The maximum atomic E-state index is 12.6. The lowest BCUT2D eigenvalue weighted by atomic mass is 9.32. The van der Waals surface area contributed by atoms with Crippen molar-refractivity contribution in [3.8, 4) is 0 Å². The topological polar surface area (TPSA) is 60.4 Å². The van der Waals surface area contributed by atoms with Crippen molar-refractivity contribution in [2.45, 2.75) is 190 Å². The van der Waals surface area contributed by atoms with E-state index in [0.717, 1.165) is 56.0 Å². The minimum Gasteiger partial charge on any atom is -0.550 e. The number of allylic oxidation sites excluding steroid dienone is 1. The van der Waals surface area contributed by atoms with E-state index < -0.39 is 11.4 Å². The van der Waals surface area contributed by atoms with Crippen molar-refractivity contribution in [1.82, 2.24) is 0 Å². The number of carboxylic acids is 1. The molecule has 5 saturated carbocycles. The third kappa shape index (κ3) is 8.72. The van der Waals surface area contributed by atoms with Gasteiger partial charge in [0.05, 0.1) is 26.7 Å². The van der Waals surface area contributed by atoms with Crippen LogP contribution in [0.2, 0.25) is 0 Å². The van der Waals surface area contributed by atoms with E-state index in [0.29, 0.717) is 23.7 Å². The number of fused-ring (bicyclic) bond motifs is 7. The zero-order valence-electron chi connectivity index (χ0n) is 37.3. The molecular weight excluding hydrogens is 675 g/mol. The molecule has 0 unspecified atom stereocenters. The summed E-state index contributed by atoms with van der Waals surface area (Å²) in [4.78, 5) is 12.6. The van der Waals surface area contributed by atoms with Crippen LogP contribution in [0.5, 0.6) is 0 Å². The van der Waals surface area contributed by atoms with E-state index in [1.54, 1.807) is 0 Å². The molecule has 0 radical (unpaired) electrons. The van der Waals surface area contributed by atoms with Gasteiger partial charge in [0.2, 0.25) is 0 Å². The molecule has 1 aromatic rings. The number of quaternary nitrogens is 1. The smallest absolute Gasteiger partial charge is 0.104 e. The highest BCUT2D eigenvalue weighted by molar-refractivity contribution is 5.74. The van der Waals surface area contributed by atoms with Crippen LogP contribution in [0.25, 0.3) is 0 Å². The van der Waals surface area contributed by atoms with Crippen LogP contribution in [0.1, 0.15) is 182 Å². The monoisotopic (exact) mass is 760 g/mol. The van der Waals surface area contributed by atoms with Crippen LogP contribution in [-0.4, -0.2) is 42.3 Å². The lowest BCUT2D eigenvalue weighted by Crippen LogP contribution is -2.67. The van der Waals surface area contributed by atoms with E-state index in [2.05, 4.69) is 99.5 Å². The molecular formula is C51H85NO3. The third-order valence-electron chi connectivity index (χ3n) is 18.0. The number of nitrogens with zero attached hydrogens (tertiary/aromatic N) is 1. The van der Waals surface area contributed by atoms with Crippen LogP contribution in [0.3, 0.4) is 0 Å². The zero-order chi connectivity index (χ0) is 40.3. The molecule has 0 aromatic heterocycles. The molecule has 6 rings (SSSR count). The Morgan fingerprint density at radius 3 is 1.98 bits per heavy atom. The molecule has 0 spiro atoms. The Kier molecular flexibility index (Phi) is 14.3. The molecule has 0 bridgehead atoms. The highest BCUT2D eigenvalue weighted by atomic mass is 16.4. The quantitative estimate of drug-likeness (QED) is 0.110. The average Bonchev–Trinajstić information content (AvgIpc) is 3.53. The first-order chi connectivity index (χ1) is 25.9. The number of aliphatic hydroxyl groups is 1. The van der Waals surface area contributed by atoms with Gasteiger partial charge in [0.15, 0.2) is 0 Å². The predicted molar refractivity (Wildman–Crippen MR) is 229 cm³/mol. The van der Waals surface area contributed by atoms with Gasteiger partial charge in [-0.2, -0.15) is 0 Å². The van der Waals surface area contributed by atoms with E-state index in [-0.39, 0.29) is 33.7 Å². The summed E-state index contributed by atoms with van der Waals surface area (Å²) in [5.74, 6) is 1.38. The van der Waals surface area contributed by atoms with E-state index in [4.69, 9.17) is 0 Å². The zero-order valence-corrected chi connectivity index (χ0v) is 37.3. The molecule has 5 fully saturated rings. The fraction of sp³-hybridized carbons (Fsp3) is 0.824. The van der Waals surface area contributed by atoms with Crippen molar-refractivity contribution in [3.05, 3.63) is 48.0 Å². The van der Waals surface area contributed by atoms with Crippen LogP contribution < -0.4 is 5.11 Å². The number of carboxylic acid groups (broad SMARTS) is 1. The molecule has 312 valence electrons. The summed E-state index contributed by atoms with van der Waals surface area (Å²) in [6, 6.07) is 10.9. The normalized spacial score (nSPS) is 37.7. The number of rotatable bonds is 15. The number of carbonyl (C=O) groups is 1. The summed E-state index contributed by atoms with van der Waals surface area (Å²) >= 11 is 0. The molecule has 4 nitrogen and oxygen atoms in total. The van der Waals surface area contributed by atoms with Crippen molar-refractivity contribution >= 4 is 5.97 Å². The van der Waals surface area contributed by atoms with Gasteiger partial charge in [-0.1, -0.05) is 135 Å². The summed E-state index contributed by atoms with van der Waals surface area (Å²) in [6.07, 6.45) is 24.4. The molecule has 0 amide bonds. The minimum atomic E-state index is -0.788. The van der Waals surface area contributed by atoms with Crippen molar-refractivity contribution < 1.29 is 19.5 Å². The first-order valence-corrected chi connectivity index (χ1v) is 23.3. The number of aliphatic hydroxyl groups excluding tert-OH is 1. The molecule has 10 atom stereocenters. The first kappa shape index (κ1) is 44.5. The Balaban J connectivity index is 0.000000231. The minimum absolute atomic E-state index is 0.0285. The Morgan fingerprint density at radius 2 is 1.38 bits per heavy atom. The Bertz CT molecular complexity index is 1420. The van der Waals surface area contributed by atoms with Gasteiger partial charge >= 0.3 is 0 Å². The molecule has 1 N–H and O–H groups in total. The lowest BCUT2D eigenvalue weighted by molar-refractivity contribution is -0.903. The standard InChI is InChI=1S/C30H48O3.C21H38N/c1-18(2)19-10-15-30(25(32)33)17-16-28(6)20(24(19)30)8-9-22-27(5)13-12-23(31)26(3,4)21(27)11-14-29(22,28)7;1-4-5-6-7-8-9-10-11-12-16-19-22(2,3)20-21-17-14-13-15-18-21/h19-24,31H,1,8-17H2,2-7H3,(H,32,33);13-15,17-18H,4-12,16,19-20H2,1-3H3/q;+1/p-1/t19-,20+,21-,22+,23-,24+,27-,28+,29+,30-;/m0./s1. The summed E-state index contributed by atoms with van der Waals surface area (Å²) in [7, 11) is 4.72. The predicted octanol–water partition coefficient (Wildman–Crippen LogP) is 11.9. The first-order valence-electron chi connectivity index (χ1n) is 23.3. The van der Waals surface area contributed by atoms with Crippen molar-refractivity contribution in [1.29, 1.82) is 0 Å². The maximum absolute atomic E-state index is 12.6. The van der Waals surface area contributed by atoms with Gasteiger partial charge < -0.3 is 19.5 Å². The molecule has 5 aliphatic rings. The fourth-order valence-electron chi connectivity index (χ4n) is 14.7. The number of aliphatic carboxylic acids is 1. The number of hydrogen-bond acceptors (Lipinski definition) is 3. The highest BCUT2D eigenvalue weighted by Gasteiger charge is 2.71. The van der Waals surface area contributed by atoms with Crippen LogP contribution >= 0.6 is 0 Å². The number of hydrogen-bond donors (Lipinski definition) is 1. The Hall–Kier alpha value is -1.65. The maximum Gasteiger partial charge on any atom is 0.104 e. The SMILES string of the molecule is C=C(C)[C@@H]1CC[C@]2(C(=O)[O-])CC[C@]3(C)[C@H](CC[C@@H]4[C@@]5(C)CC[C@H](O)C(C)(C)[C@@H]5CC[C@]43C)[C@@H]12.CCCCCCCCCCCC[N+](C)(C)Cc1ccccc1. The summed E-state index contributed by atoms with van der Waals surface area (Å²) in [6.45, 7) is 23.5. The summed E-state index contributed by atoms with van der Waals surface area (Å²) in [5, 5.41) is 23.5. The molecule has 0 heterocycles. The van der Waals surface area contributed by atoms with Gasteiger partial charge in [-0.3, -0.25) is 0 Å². The number of benzene rings is 1. The highest BCUT2D eigenvalue weighted by Crippen LogP contribution is 2.77. The molecule has 0 aliphatic heterocycles. The van der Waals surface area contributed by atoms with Crippen LogP contribution in [-0.2, 0) is 11.3 Å². The summed E-state index contributed by atoms with van der Waals surface area (Å²) in [5.41, 5.74) is 2.61. The molecule has 4 heteroatoms. The van der Waals surface area contributed by atoms with Gasteiger partial charge in [-0.15, -0.1) is 0 Å². The largest absolute Gasteiger partial charge is 0.550 e.